The molecule has 0 fully saturated rings. The van der Waals surface area contributed by atoms with E-state index >= 15 is 0 Å². The van der Waals surface area contributed by atoms with E-state index in [-0.39, 0.29) is 11.9 Å². The van der Waals surface area contributed by atoms with Crippen LogP contribution in [0.1, 0.15) is 0 Å². The second-order valence-corrected chi connectivity index (χ2v) is 3.25. The van der Waals surface area contributed by atoms with Crippen molar-refractivity contribution < 1.29 is 0 Å². The molecule has 0 spiro atoms. The van der Waals surface area contributed by atoms with Gasteiger partial charge in [0.2, 0.25) is 5.96 Å². The molecule has 2 aromatic rings. The molecule has 0 saturated carbocycles. The van der Waals surface area contributed by atoms with E-state index in [9.17, 15) is 0 Å². The number of tetrazole rings is 1. The summed E-state index contributed by atoms with van der Waals surface area (Å²) in [7, 11) is 0. The highest BCUT2D eigenvalue weighted by Gasteiger charge is 2.04. The van der Waals surface area contributed by atoms with Crippen LogP contribution in [-0.4, -0.2) is 32.1 Å². The predicted octanol–water partition coefficient (Wildman–Crippen LogP) is -1.12. The SMILES string of the molecule is NC(N)=NC(N)=Nc1ccccc1-n1cnnn1. The lowest BCUT2D eigenvalue weighted by Crippen LogP contribution is -2.26. The molecule has 2 rings (SSSR count). The molecule has 6 N–H and O–H groups in total. The minimum Gasteiger partial charge on any atom is -0.370 e. The molecule has 1 heterocycles. The largest absolute Gasteiger partial charge is 0.370 e. The summed E-state index contributed by atoms with van der Waals surface area (Å²) in [6.07, 6.45) is 1.45. The average Bonchev–Trinajstić information content (AvgIpc) is 2.81. The van der Waals surface area contributed by atoms with Gasteiger partial charge in [0.25, 0.3) is 0 Å². The van der Waals surface area contributed by atoms with Gasteiger partial charge in [-0.3, -0.25) is 0 Å². The number of benzene rings is 1. The Bertz CT molecular complexity index is 580. The number of guanidine groups is 2. The first-order valence-electron chi connectivity index (χ1n) is 4.93. The van der Waals surface area contributed by atoms with Crippen LogP contribution in [0.3, 0.4) is 0 Å². The zero-order chi connectivity index (χ0) is 13.0. The fraction of sp³-hybridized carbons (Fsp3) is 0. The third-order valence-electron chi connectivity index (χ3n) is 1.96. The summed E-state index contributed by atoms with van der Waals surface area (Å²) >= 11 is 0. The van der Waals surface area contributed by atoms with E-state index in [1.807, 2.05) is 6.07 Å². The van der Waals surface area contributed by atoms with Gasteiger partial charge in [-0.25, -0.2) is 4.99 Å². The lowest BCUT2D eigenvalue weighted by Gasteiger charge is -2.03. The van der Waals surface area contributed by atoms with Crippen molar-refractivity contribution in [1.82, 2.24) is 20.2 Å². The summed E-state index contributed by atoms with van der Waals surface area (Å²) in [5.74, 6) is -0.202. The van der Waals surface area contributed by atoms with Gasteiger partial charge in [-0.05, 0) is 22.6 Å². The summed E-state index contributed by atoms with van der Waals surface area (Å²) in [6, 6.07) is 7.16. The van der Waals surface area contributed by atoms with Gasteiger partial charge in [-0.1, -0.05) is 12.1 Å². The Morgan fingerprint density at radius 2 is 1.94 bits per heavy atom. The molecule has 18 heavy (non-hydrogen) atoms. The summed E-state index contributed by atoms with van der Waals surface area (Å²) in [5, 5.41) is 10.9. The molecule has 0 radical (unpaired) electrons. The lowest BCUT2D eigenvalue weighted by atomic mass is 10.3. The zero-order valence-electron chi connectivity index (χ0n) is 9.30. The van der Waals surface area contributed by atoms with Crippen LogP contribution in [0.2, 0.25) is 0 Å². The molecule has 0 amide bonds. The van der Waals surface area contributed by atoms with Crippen molar-refractivity contribution in [1.29, 1.82) is 0 Å². The summed E-state index contributed by atoms with van der Waals surface area (Å²) in [6.45, 7) is 0. The molecule has 9 nitrogen and oxygen atoms in total. The van der Waals surface area contributed by atoms with Gasteiger partial charge in [-0.15, -0.1) is 5.10 Å². The summed E-state index contributed by atoms with van der Waals surface area (Å²) in [5.41, 5.74) is 17.2. The highest BCUT2D eigenvalue weighted by molar-refractivity contribution is 5.94. The normalized spacial score (nSPS) is 11.2. The first kappa shape index (κ1) is 11.5. The molecule has 0 saturated heterocycles. The van der Waals surface area contributed by atoms with Crippen LogP contribution in [0.15, 0.2) is 40.6 Å². The molecule has 0 atom stereocenters. The van der Waals surface area contributed by atoms with E-state index in [1.54, 1.807) is 18.2 Å². The minimum absolute atomic E-state index is 0.0458. The second kappa shape index (κ2) is 4.91. The molecule has 1 aromatic carbocycles. The van der Waals surface area contributed by atoms with Crippen LogP contribution in [0.25, 0.3) is 5.69 Å². The molecule has 1 aromatic heterocycles. The summed E-state index contributed by atoms with van der Waals surface area (Å²) in [4.78, 5) is 7.72. The van der Waals surface area contributed by atoms with Gasteiger partial charge in [0.15, 0.2) is 5.96 Å². The van der Waals surface area contributed by atoms with Crippen molar-refractivity contribution >= 4 is 17.6 Å². The Labute approximate surface area is 102 Å². The van der Waals surface area contributed by atoms with E-state index in [0.29, 0.717) is 11.4 Å². The third kappa shape index (κ3) is 2.58. The maximum atomic E-state index is 5.57. The average molecular weight is 245 g/mol. The zero-order valence-corrected chi connectivity index (χ0v) is 9.30. The topological polar surface area (TPSA) is 146 Å². The van der Waals surface area contributed by atoms with Gasteiger partial charge in [-0.2, -0.15) is 9.67 Å². The lowest BCUT2D eigenvalue weighted by molar-refractivity contribution is 0.789. The van der Waals surface area contributed by atoms with Crippen LogP contribution in [0, 0.1) is 0 Å². The Hall–Kier alpha value is -2.97. The van der Waals surface area contributed by atoms with E-state index in [0.717, 1.165) is 0 Å². The molecular formula is C9H11N9. The number of rotatable bonds is 2. The predicted molar refractivity (Wildman–Crippen MR) is 66.2 cm³/mol. The van der Waals surface area contributed by atoms with Crippen LogP contribution in [0.4, 0.5) is 5.69 Å². The molecule has 92 valence electrons. The molecule has 0 aliphatic rings. The van der Waals surface area contributed by atoms with E-state index < -0.39 is 0 Å². The van der Waals surface area contributed by atoms with Gasteiger partial charge in [0, 0.05) is 0 Å². The quantitative estimate of drug-likeness (QED) is 0.451. The van der Waals surface area contributed by atoms with Gasteiger partial charge < -0.3 is 17.2 Å². The van der Waals surface area contributed by atoms with Crippen molar-refractivity contribution in [2.75, 3.05) is 0 Å². The van der Waals surface area contributed by atoms with Crippen molar-refractivity contribution in [3.8, 4) is 5.69 Å². The first-order valence-corrected chi connectivity index (χ1v) is 4.93. The van der Waals surface area contributed by atoms with E-state index in [4.69, 9.17) is 17.2 Å². The highest BCUT2D eigenvalue weighted by Crippen LogP contribution is 2.21. The van der Waals surface area contributed by atoms with Gasteiger partial charge in [0.05, 0.1) is 11.4 Å². The summed E-state index contributed by atoms with van der Waals surface area (Å²) < 4.78 is 1.46. The van der Waals surface area contributed by atoms with Crippen molar-refractivity contribution in [2.24, 2.45) is 27.2 Å². The van der Waals surface area contributed by atoms with Crippen molar-refractivity contribution in [2.45, 2.75) is 0 Å². The number of nitrogens with two attached hydrogens (primary N) is 3. The van der Waals surface area contributed by atoms with Gasteiger partial charge >= 0.3 is 0 Å². The molecule has 9 heteroatoms. The Morgan fingerprint density at radius 1 is 1.17 bits per heavy atom. The standard InChI is InChI=1S/C9H11N9/c10-8(11)15-9(12)14-6-3-1-2-4-7(6)18-5-13-16-17-18/h1-5H,(H6,10,11,12,14,15). The number of nitrogens with zero attached hydrogens (tertiary/aromatic N) is 6. The third-order valence-corrected chi connectivity index (χ3v) is 1.96. The van der Waals surface area contributed by atoms with Crippen molar-refractivity contribution in [3.05, 3.63) is 30.6 Å². The van der Waals surface area contributed by atoms with Gasteiger partial charge in [0.1, 0.15) is 6.33 Å². The highest BCUT2D eigenvalue weighted by atomic mass is 15.5. The minimum atomic E-state index is -0.156. The van der Waals surface area contributed by atoms with E-state index in [2.05, 4.69) is 25.5 Å². The maximum Gasteiger partial charge on any atom is 0.223 e. The van der Waals surface area contributed by atoms with E-state index in [1.165, 1.54) is 11.0 Å². The number of hydrogen-bond acceptors (Lipinski definition) is 4. The van der Waals surface area contributed by atoms with Crippen LogP contribution >= 0.6 is 0 Å². The number of para-hydroxylation sites is 2. The van der Waals surface area contributed by atoms with Crippen molar-refractivity contribution in [3.63, 3.8) is 0 Å². The Kier molecular flexibility index (Phi) is 3.14. The fourth-order valence-electron chi connectivity index (χ4n) is 1.30. The molecule has 0 aliphatic heterocycles. The maximum absolute atomic E-state index is 5.57. The smallest absolute Gasteiger partial charge is 0.223 e. The molecular weight excluding hydrogens is 234 g/mol. The molecule has 0 aliphatic carbocycles. The monoisotopic (exact) mass is 245 g/mol. The fourth-order valence-corrected chi connectivity index (χ4v) is 1.30. The first-order chi connectivity index (χ1) is 8.66. The Balaban J connectivity index is 2.43. The molecule has 0 bridgehead atoms. The Morgan fingerprint density at radius 3 is 2.61 bits per heavy atom. The molecule has 0 unspecified atom stereocenters. The second-order valence-electron chi connectivity index (χ2n) is 3.25. The number of aromatic nitrogens is 4. The van der Waals surface area contributed by atoms with Crippen LogP contribution < -0.4 is 17.2 Å². The number of aliphatic imine (C=N–C) groups is 2. The number of hydrogen-bond donors (Lipinski definition) is 3. The van der Waals surface area contributed by atoms with Crippen LogP contribution in [0.5, 0.6) is 0 Å². The van der Waals surface area contributed by atoms with Crippen LogP contribution in [-0.2, 0) is 0 Å².